The molecule has 5 N–H and O–H groups in total. The number of thiazole rings is 1. The Bertz CT molecular complexity index is 1730. The monoisotopic (exact) mass is 857 g/mol. The second kappa shape index (κ2) is 23.7. The van der Waals surface area contributed by atoms with Crippen molar-refractivity contribution in [1.82, 2.24) is 25.4 Å². The van der Waals surface area contributed by atoms with E-state index in [0.717, 1.165) is 51.5 Å². The van der Waals surface area contributed by atoms with E-state index in [1.165, 1.54) is 18.3 Å². The maximum absolute atomic E-state index is 14.9. The van der Waals surface area contributed by atoms with Gasteiger partial charge in [0, 0.05) is 44.4 Å². The number of piperidine rings is 1. The van der Waals surface area contributed by atoms with Gasteiger partial charge in [-0.2, -0.15) is 0 Å². The number of benzene rings is 1. The first kappa shape index (κ1) is 50.1. The molecule has 1 fully saturated rings. The molecule has 14 nitrogen and oxygen atoms in total. The Kier molecular flexibility index (Phi) is 19.8. The number of carbonyl (C=O) groups excluding carboxylic acids is 4. The molecule has 0 radical (unpaired) electrons. The van der Waals surface area contributed by atoms with Crippen LogP contribution >= 0.6 is 11.3 Å². The first-order valence-electron chi connectivity index (χ1n) is 21.8. The summed E-state index contributed by atoms with van der Waals surface area (Å²) < 4.78 is 5.92. The van der Waals surface area contributed by atoms with Crippen LogP contribution in [0.5, 0.6) is 5.75 Å². The van der Waals surface area contributed by atoms with Gasteiger partial charge in [0.05, 0.1) is 17.1 Å². The van der Waals surface area contributed by atoms with Crippen LogP contribution in [-0.4, -0.2) is 106 Å². The Morgan fingerprint density at radius 2 is 1.78 bits per heavy atom. The number of esters is 1. The standard InChI is InChI=1S/C45H72N6O8S/c1-11-13-14-16-22-51(43(56)39(29(5)12-2)49-41(55)35-18-15-17-21-50(35)10)36(28(3)4)25-38(59-30(6)52)42-48-34(27-60-42)40(54)47-32(26-45(7,8)44(57)58)23-31-19-20-33(46-9)37(53)24-31/h19-20,24,27-29,32,35-36,38-39,46,53H,11-18,21-23,25-26H2,1-10H3,(H,47,54)(H,49,55)(H,57,58)/t29-,32+,35+,36+,38+,39-/m0/s1. The molecule has 0 bridgehead atoms. The number of unbranched alkanes of at least 4 members (excludes halogenated alkanes) is 3. The fraction of sp³-hybridized carbons (Fsp3) is 0.689. The second-order valence-electron chi connectivity index (χ2n) is 17.5. The number of phenolic OH excluding ortho intramolecular Hbond substituents is 1. The number of aromatic hydroxyl groups is 1. The lowest BCUT2D eigenvalue weighted by Gasteiger charge is -2.40. The number of aliphatic carboxylic acids is 1. The van der Waals surface area contributed by atoms with Crippen LogP contribution in [0.15, 0.2) is 23.6 Å². The Morgan fingerprint density at radius 1 is 1.07 bits per heavy atom. The number of likely N-dealkylation sites (tertiary alicyclic amines) is 1. The van der Waals surface area contributed by atoms with Crippen LogP contribution < -0.4 is 16.0 Å². The van der Waals surface area contributed by atoms with Crippen molar-refractivity contribution in [3.05, 3.63) is 39.8 Å². The van der Waals surface area contributed by atoms with Crippen molar-refractivity contribution in [2.45, 2.75) is 156 Å². The largest absolute Gasteiger partial charge is 0.506 e. The smallest absolute Gasteiger partial charge is 0.309 e. The molecule has 1 saturated heterocycles. The van der Waals surface area contributed by atoms with Gasteiger partial charge in [-0.3, -0.25) is 28.9 Å². The van der Waals surface area contributed by atoms with E-state index in [4.69, 9.17) is 4.74 Å². The lowest BCUT2D eigenvalue weighted by Crippen LogP contribution is -2.59. The summed E-state index contributed by atoms with van der Waals surface area (Å²) in [4.78, 5) is 75.9. The van der Waals surface area contributed by atoms with E-state index in [1.807, 2.05) is 39.6 Å². The van der Waals surface area contributed by atoms with Gasteiger partial charge in [0.1, 0.15) is 22.5 Å². The molecule has 0 saturated carbocycles. The number of nitrogens with zero attached hydrogens (tertiary/aromatic N) is 3. The van der Waals surface area contributed by atoms with Crippen molar-refractivity contribution in [2.24, 2.45) is 17.3 Å². The van der Waals surface area contributed by atoms with Crippen molar-refractivity contribution < 1.29 is 38.9 Å². The summed E-state index contributed by atoms with van der Waals surface area (Å²) in [6.45, 7) is 16.0. The van der Waals surface area contributed by atoms with Gasteiger partial charge in [-0.15, -0.1) is 11.3 Å². The number of carboxylic acids is 1. The quantitative estimate of drug-likeness (QED) is 0.0409. The van der Waals surface area contributed by atoms with Crippen LogP contribution in [0.2, 0.25) is 0 Å². The van der Waals surface area contributed by atoms with Gasteiger partial charge in [-0.1, -0.05) is 72.8 Å². The van der Waals surface area contributed by atoms with E-state index < -0.39 is 47.5 Å². The zero-order chi connectivity index (χ0) is 44.7. The zero-order valence-electron chi connectivity index (χ0n) is 37.6. The normalized spacial score (nSPS) is 17.2. The molecule has 0 spiro atoms. The highest BCUT2D eigenvalue weighted by molar-refractivity contribution is 7.09. The molecule has 6 atom stereocenters. The number of hydrogen-bond donors (Lipinski definition) is 5. The molecule has 60 heavy (non-hydrogen) atoms. The third kappa shape index (κ3) is 14.5. The van der Waals surface area contributed by atoms with E-state index in [-0.39, 0.29) is 60.4 Å². The van der Waals surface area contributed by atoms with Crippen molar-refractivity contribution in [3.8, 4) is 5.75 Å². The van der Waals surface area contributed by atoms with E-state index in [0.29, 0.717) is 29.2 Å². The van der Waals surface area contributed by atoms with Crippen LogP contribution in [-0.2, 0) is 30.3 Å². The summed E-state index contributed by atoms with van der Waals surface area (Å²) >= 11 is 1.17. The number of amides is 3. The van der Waals surface area contributed by atoms with Crippen LogP contribution in [0.4, 0.5) is 5.69 Å². The van der Waals surface area contributed by atoms with Crippen molar-refractivity contribution in [1.29, 1.82) is 0 Å². The summed E-state index contributed by atoms with van der Waals surface area (Å²) in [6, 6.07) is 3.04. The molecule has 0 unspecified atom stereocenters. The molecule has 1 aliphatic heterocycles. The van der Waals surface area contributed by atoms with Gasteiger partial charge in [0.25, 0.3) is 5.91 Å². The SMILES string of the molecule is CCCCCCN(C(=O)[C@@H](NC(=O)[C@H]1CCCCN1C)[C@@H](C)CC)[C@H](C[C@@H](OC(C)=O)c1nc(C(=O)N[C@H](Cc2ccc(NC)c(O)c2)CC(C)(C)C(=O)O)cs1)C(C)C. The Labute approximate surface area is 361 Å². The Hall–Kier alpha value is -4.24. The lowest BCUT2D eigenvalue weighted by atomic mass is 9.84. The molecule has 3 amide bonds. The average molecular weight is 857 g/mol. The minimum Gasteiger partial charge on any atom is -0.506 e. The molecule has 15 heteroatoms. The fourth-order valence-corrected chi connectivity index (χ4v) is 8.76. The fourth-order valence-electron chi connectivity index (χ4n) is 7.92. The molecule has 3 rings (SSSR count). The van der Waals surface area contributed by atoms with E-state index in [1.54, 1.807) is 44.5 Å². The van der Waals surface area contributed by atoms with Gasteiger partial charge in [0.15, 0.2) is 6.10 Å². The summed E-state index contributed by atoms with van der Waals surface area (Å²) in [6.07, 6.45) is 6.88. The topological polar surface area (TPSA) is 190 Å². The minimum absolute atomic E-state index is 0.0339. The van der Waals surface area contributed by atoms with Crippen LogP contribution in [0, 0.1) is 17.3 Å². The second-order valence-corrected chi connectivity index (χ2v) is 18.4. The van der Waals surface area contributed by atoms with Crippen molar-refractivity contribution >= 4 is 46.7 Å². The number of ether oxygens (including phenoxy) is 1. The summed E-state index contributed by atoms with van der Waals surface area (Å²) in [7, 11) is 3.65. The maximum Gasteiger partial charge on any atom is 0.309 e. The first-order valence-corrected chi connectivity index (χ1v) is 22.7. The number of carboxylic acid groups (broad SMARTS) is 1. The zero-order valence-corrected chi connectivity index (χ0v) is 38.5. The van der Waals surface area contributed by atoms with Gasteiger partial charge < -0.3 is 35.8 Å². The van der Waals surface area contributed by atoms with Crippen LogP contribution in [0.1, 0.15) is 147 Å². The predicted molar refractivity (Wildman–Crippen MR) is 236 cm³/mol. The third-order valence-corrected chi connectivity index (χ3v) is 12.8. The van der Waals surface area contributed by atoms with Crippen LogP contribution in [0.25, 0.3) is 0 Å². The average Bonchev–Trinajstić information content (AvgIpc) is 3.69. The number of nitrogens with one attached hydrogen (secondary N) is 3. The van der Waals surface area contributed by atoms with Gasteiger partial charge in [0.2, 0.25) is 11.8 Å². The lowest BCUT2D eigenvalue weighted by molar-refractivity contribution is -0.150. The summed E-state index contributed by atoms with van der Waals surface area (Å²) in [5, 5.41) is 31.4. The third-order valence-electron chi connectivity index (χ3n) is 11.8. The highest BCUT2D eigenvalue weighted by Crippen LogP contribution is 2.33. The number of likely N-dealkylation sites (N-methyl/N-ethyl adjacent to an activating group) is 1. The highest BCUT2D eigenvalue weighted by atomic mass is 32.1. The predicted octanol–water partition coefficient (Wildman–Crippen LogP) is 7.18. The molecule has 2 heterocycles. The van der Waals surface area contributed by atoms with Crippen molar-refractivity contribution in [2.75, 3.05) is 32.5 Å². The highest BCUT2D eigenvalue weighted by Gasteiger charge is 2.39. The molecule has 1 aliphatic rings. The van der Waals surface area contributed by atoms with Crippen LogP contribution in [0.3, 0.4) is 0 Å². The number of hydrogen-bond acceptors (Lipinski definition) is 11. The number of carbonyl (C=O) groups is 5. The summed E-state index contributed by atoms with van der Waals surface area (Å²) in [5.41, 5.74) is 0.153. The molecule has 2 aromatic rings. The van der Waals surface area contributed by atoms with Gasteiger partial charge >= 0.3 is 11.9 Å². The number of aromatic nitrogens is 1. The number of rotatable bonds is 24. The maximum atomic E-state index is 14.9. The van der Waals surface area contributed by atoms with Gasteiger partial charge in [-0.05, 0) is 89.1 Å². The van der Waals surface area contributed by atoms with E-state index in [2.05, 4.69) is 32.8 Å². The van der Waals surface area contributed by atoms with E-state index in [9.17, 15) is 34.2 Å². The van der Waals surface area contributed by atoms with E-state index >= 15 is 0 Å². The molecule has 336 valence electrons. The summed E-state index contributed by atoms with van der Waals surface area (Å²) in [5.74, 6) is -2.52. The van der Waals surface area contributed by atoms with Gasteiger partial charge in [-0.25, -0.2) is 4.98 Å². The number of phenols is 1. The Morgan fingerprint density at radius 3 is 2.37 bits per heavy atom. The minimum atomic E-state index is -1.17. The molecular weight excluding hydrogens is 785 g/mol. The first-order chi connectivity index (χ1) is 28.3. The molecule has 1 aromatic heterocycles. The molecule has 1 aromatic carbocycles. The van der Waals surface area contributed by atoms with Crippen molar-refractivity contribution in [3.63, 3.8) is 0 Å². The Balaban J connectivity index is 1.95. The molecule has 0 aliphatic carbocycles. The number of anilines is 1. The molecular formula is C45H72N6O8S.